The van der Waals surface area contributed by atoms with Crippen LogP contribution in [0.25, 0.3) is 0 Å². The van der Waals surface area contributed by atoms with Crippen molar-refractivity contribution >= 4 is 0 Å². The molecule has 0 radical (unpaired) electrons. The van der Waals surface area contributed by atoms with Gasteiger partial charge in [-0.3, -0.25) is 0 Å². The lowest BCUT2D eigenvalue weighted by atomic mass is 10.1. The lowest BCUT2D eigenvalue weighted by Gasteiger charge is -1.99. The van der Waals surface area contributed by atoms with Crippen LogP contribution in [0.3, 0.4) is 0 Å². The third-order valence-electron chi connectivity index (χ3n) is 2.62. The first-order chi connectivity index (χ1) is 5.29. The molecule has 1 N–H and O–H groups in total. The predicted molar refractivity (Wildman–Crippen MR) is 49.6 cm³/mol. The average Bonchev–Trinajstić information content (AvgIpc) is 2.78. The summed E-state index contributed by atoms with van der Waals surface area (Å²) in [4.78, 5) is 0. The maximum absolute atomic E-state index is 3.18. The predicted octanol–water partition coefficient (Wildman–Crippen LogP) is 2.34. The number of rotatable bonds is 5. The van der Waals surface area contributed by atoms with Gasteiger partial charge in [-0.15, -0.1) is 0 Å². The van der Waals surface area contributed by atoms with Crippen molar-refractivity contribution in [2.75, 3.05) is 13.6 Å². The van der Waals surface area contributed by atoms with Crippen LogP contribution in [0.15, 0.2) is 11.1 Å². The lowest BCUT2D eigenvalue weighted by Crippen LogP contribution is -2.06. The highest BCUT2D eigenvalue weighted by atomic mass is 14.8. The Morgan fingerprint density at radius 1 is 1.55 bits per heavy atom. The molecule has 1 aliphatic carbocycles. The van der Waals surface area contributed by atoms with Crippen molar-refractivity contribution in [3.63, 3.8) is 0 Å². The molecule has 1 atom stereocenters. The van der Waals surface area contributed by atoms with Crippen molar-refractivity contribution in [3.05, 3.63) is 11.1 Å². The Morgan fingerprint density at radius 3 is 2.82 bits per heavy atom. The van der Waals surface area contributed by atoms with Gasteiger partial charge in [0.1, 0.15) is 0 Å². The van der Waals surface area contributed by atoms with Gasteiger partial charge in [0.2, 0.25) is 0 Å². The van der Waals surface area contributed by atoms with Gasteiger partial charge >= 0.3 is 0 Å². The molecule has 0 aliphatic heterocycles. The molecule has 1 heteroatoms. The number of hydrogen-bond acceptors (Lipinski definition) is 1. The van der Waals surface area contributed by atoms with E-state index >= 15 is 0 Å². The SMILES string of the molecule is CCC(C)C1=C(CCNC)C1. The third kappa shape index (κ3) is 2.33. The monoisotopic (exact) mass is 153 g/mol. The minimum absolute atomic E-state index is 0.849. The van der Waals surface area contributed by atoms with Gasteiger partial charge in [0.25, 0.3) is 0 Å². The van der Waals surface area contributed by atoms with E-state index in [0.717, 1.165) is 12.5 Å². The first-order valence-electron chi connectivity index (χ1n) is 4.65. The van der Waals surface area contributed by atoms with Crippen LogP contribution in [0, 0.1) is 5.92 Å². The topological polar surface area (TPSA) is 12.0 Å². The second-order valence-electron chi connectivity index (χ2n) is 3.47. The second-order valence-corrected chi connectivity index (χ2v) is 3.47. The molecule has 0 spiro atoms. The zero-order valence-corrected chi connectivity index (χ0v) is 7.91. The number of nitrogens with one attached hydrogen (secondary N) is 1. The van der Waals surface area contributed by atoms with E-state index in [0.29, 0.717) is 0 Å². The van der Waals surface area contributed by atoms with Crippen molar-refractivity contribution in [3.8, 4) is 0 Å². The molecule has 0 aromatic rings. The van der Waals surface area contributed by atoms with Gasteiger partial charge in [-0.05, 0) is 38.8 Å². The Labute approximate surface area is 69.9 Å². The average molecular weight is 153 g/mol. The molecule has 64 valence electrons. The molecule has 1 aliphatic rings. The summed E-state index contributed by atoms with van der Waals surface area (Å²) in [6.07, 6.45) is 3.91. The van der Waals surface area contributed by atoms with E-state index in [2.05, 4.69) is 19.2 Å². The molecule has 0 saturated heterocycles. The van der Waals surface area contributed by atoms with Crippen molar-refractivity contribution in [1.29, 1.82) is 0 Å². The molecule has 0 bridgehead atoms. The summed E-state index contributed by atoms with van der Waals surface area (Å²) in [7, 11) is 2.02. The van der Waals surface area contributed by atoms with Gasteiger partial charge in [0.15, 0.2) is 0 Å². The van der Waals surface area contributed by atoms with Crippen molar-refractivity contribution < 1.29 is 0 Å². The number of allylic oxidation sites excluding steroid dienone is 1. The highest BCUT2D eigenvalue weighted by molar-refractivity contribution is 5.36. The Hall–Kier alpha value is -0.300. The van der Waals surface area contributed by atoms with Gasteiger partial charge in [-0.1, -0.05) is 25.0 Å². The minimum atomic E-state index is 0.849. The maximum Gasteiger partial charge on any atom is -0.00144 e. The zero-order valence-electron chi connectivity index (χ0n) is 7.91. The third-order valence-corrected chi connectivity index (χ3v) is 2.62. The quantitative estimate of drug-likeness (QED) is 0.598. The van der Waals surface area contributed by atoms with E-state index in [1.54, 1.807) is 11.1 Å². The van der Waals surface area contributed by atoms with Crippen LogP contribution in [-0.2, 0) is 0 Å². The standard InChI is InChI=1S/C10H19N/c1-4-8(2)10-7-9(10)5-6-11-3/h8,11H,4-7H2,1-3H3. The van der Waals surface area contributed by atoms with Crippen LogP contribution in [0.2, 0.25) is 0 Å². The summed E-state index contributed by atoms with van der Waals surface area (Å²) in [5.41, 5.74) is 3.46. The van der Waals surface area contributed by atoms with E-state index in [-0.39, 0.29) is 0 Å². The largest absolute Gasteiger partial charge is 0.319 e. The highest BCUT2D eigenvalue weighted by Gasteiger charge is 2.23. The summed E-state index contributed by atoms with van der Waals surface area (Å²) >= 11 is 0. The first kappa shape index (κ1) is 8.79. The van der Waals surface area contributed by atoms with Crippen LogP contribution >= 0.6 is 0 Å². The van der Waals surface area contributed by atoms with Gasteiger partial charge in [0.05, 0.1) is 0 Å². The fourth-order valence-electron chi connectivity index (χ4n) is 1.48. The van der Waals surface area contributed by atoms with Crippen molar-refractivity contribution in [2.24, 2.45) is 5.92 Å². The van der Waals surface area contributed by atoms with E-state index in [9.17, 15) is 0 Å². The minimum Gasteiger partial charge on any atom is -0.319 e. The van der Waals surface area contributed by atoms with Crippen molar-refractivity contribution in [2.45, 2.75) is 33.1 Å². The Morgan fingerprint density at radius 2 is 2.27 bits per heavy atom. The fourth-order valence-corrected chi connectivity index (χ4v) is 1.48. The van der Waals surface area contributed by atoms with E-state index in [4.69, 9.17) is 0 Å². The second kappa shape index (κ2) is 3.91. The normalized spacial score (nSPS) is 18.8. The summed E-state index contributed by atoms with van der Waals surface area (Å²) < 4.78 is 0. The van der Waals surface area contributed by atoms with Gasteiger partial charge in [0, 0.05) is 0 Å². The molecule has 1 unspecified atom stereocenters. The molecule has 1 rings (SSSR count). The van der Waals surface area contributed by atoms with Crippen LogP contribution in [0.1, 0.15) is 33.1 Å². The van der Waals surface area contributed by atoms with Crippen LogP contribution < -0.4 is 5.32 Å². The van der Waals surface area contributed by atoms with Gasteiger partial charge in [-0.25, -0.2) is 0 Å². The van der Waals surface area contributed by atoms with E-state index < -0.39 is 0 Å². The summed E-state index contributed by atoms with van der Waals surface area (Å²) in [6, 6.07) is 0. The maximum atomic E-state index is 3.18. The Bertz CT molecular complexity index is 158. The van der Waals surface area contributed by atoms with Gasteiger partial charge < -0.3 is 5.32 Å². The molecular weight excluding hydrogens is 134 g/mol. The van der Waals surface area contributed by atoms with Crippen molar-refractivity contribution in [1.82, 2.24) is 5.32 Å². The summed E-state index contributed by atoms with van der Waals surface area (Å²) in [6.45, 7) is 5.75. The molecule has 1 nitrogen and oxygen atoms in total. The lowest BCUT2D eigenvalue weighted by molar-refractivity contribution is 0.671. The fraction of sp³-hybridized carbons (Fsp3) is 0.800. The molecular formula is C10H19N. The summed E-state index contributed by atoms with van der Waals surface area (Å²) in [5, 5.41) is 3.18. The van der Waals surface area contributed by atoms with Crippen LogP contribution in [0.5, 0.6) is 0 Å². The molecule has 0 amide bonds. The summed E-state index contributed by atoms with van der Waals surface area (Å²) in [5.74, 6) is 0.849. The molecule has 0 aromatic heterocycles. The van der Waals surface area contributed by atoms with Crippen LogP contribution in [0.4, 0.5) is 0 Å². The molecule has 11 heavy (non-hydrogen) atoms. The Balaban J connectivity index is 2.23. The molecule has 0 heterocycles. The van der Waals surface area contributed by atoms with Crippen LogP contribution in [-0.4, -0.2) is 13.6 Å². The van der Waals surface area contributed by atoms with Gasteiger partial charge in [-0.2, -0.15) is 0 Å². The highest BCUT2D eigenvalue weighted by Crippen LogP contribution is 2.40. The molecule has 0 fully saturated rings. The smallest absolute Gasteiger partial charge is 0.00144 e. The van der Waals surface area contributed by atoms with E-state index in [1.807, 2.05) is 7.05 Å². The number of hydrogen-bond donors (Lipinski definition) is 1. The molecule has 0 saturated carbocycles. The van der Waals surface area contributed by atoms with E-state index in [1.165, 1.54) is 19.3 Å². The Kier molecular flexibility index (Phi) is 3.13. The zero-order chi connectivity index (χ0) is 8.27. The first-order valence-corrected chi connectivity index (χ1v) is 4.65. The molecule has 0 aromatic carbocycles.